The Bertz CT molecular complexity index is 1110. The predicted octanol–water partition coefficient (Wildman–Crippen LogP) is 4.27. The number of esters is 1. The van der Waals surface area contributed by atoms with Gasteiger partial charge >= 0.3 is 12.1 Å². The van der Waals surface area contributed by atoms with Crippen molar-refractivity contribution in [2.45, 2.75) is 32.0 Å². The average molecular weight is 443 g/mol. The smallest absolute Gasteiger partial charge is 0.406 e. The molecule has 32 heavy (non-hydrogen) atoms. The molecule has 2 N–H and O–H groups in total. The molecule has 7 nitrogen and oxygen atoms in total. The summed E-state index contributed by atoms with van der Waals surface area (Å²) in [6, 6.07) is 9.30. The first kappa shape index (κ1) is 21.7. The fraction of sp³-hybridized carbons (Fsp3) is 0.273. The Kier molecular flexibility index (Phi) is 6.04. The molecular formula is C22H20F3N5O2. The van der Waals surface area contributed by atoms with Crippen LogP contribution in [0.4, 0.5) is 24.8 Å². The van der Waals surface area contributed by atoms with Crippen molar-refractivity contribution in [1.82, 2.24) is 20.3 Å². The van der Waals surface area contributed by atoms with Gasteiger partial charge < -0.3 is 15.4 Å². The lowest BCUT2D eigenvalue weighted by molar-refractivity contribution is -0.141. The van der Waals surface area contributed by atoms with Crippen LogP contribution in [-0.2, 0) is 11.0 Å². The standard InChI is InChI=1S/C22H20F3N5O2/c1-13-9-15(11-16(10-13)29-21-27-8-6-18(30-21)22(23,24)25)14-4-5-19(28-12-14)32-20(31)17-3-2-7-26-17/h4-6,8-12,17,26H,2-3,7H2,1H3,(H,27,29,30)/t17-/m0/s1. The lowest BCUT2D eigenvalue weighted by Gasteiger charge is -2.12. The maximum Gasteiger partial charge on any atom is 0.433 e. The van der Waals surface area contributed by atoms with E-state index in [9.17, 15) is 18.0 Å². The molecule has 0 spiro atoms. The van der Waals surface area contributed by atoms with Crippen LogP contribution < -0.4 is 15.4 Å². The van der Waals surface area contributed by atoms with Gasteiger partial charge in [0.2, 0.25) is 11.8 Å². The van der Waals surface area contributed by atoms with Crippen LogP contribution in [0, 0.1) is 6.92 Å². The Labute approximate surface area is 182 Å². The summed E-state index contributed by atoms with van der Waals surface area (Å²) in [5, 5.41) is 5.89. The monoisotopic (exact) mass is 443 g/mol. The third-order valence-electron chi connectivity index (χ3n) is 4.90. The number of carbonyl (C=O) groups is 1. The van der Waals surface area contributed by atoms with Gasteiger partial charge in [-0.15, -0.1) is 0 Å². The largest absolute Gasteiger partial charge is 0.433 e. The van der Waals surface area contributed by atoms with Crippen LogP contribution in [0.2, 0.25) is 0 Å². The van der Waals surface area contributed by atoms with Crippen molar-refractivity contribution in [2.24, 2.45) is 0 Å². The molecular weight excluding hydrogens is 423 g/mol. The lowest BCUT2D eigenvalue weighted by atomic mass is 10.0. The van der Waals surface area contributed by atoms with Gasteiger partial charge in [0.05, 0.1) is 0 Å². The average Bonchev–Trinajstić information content (AvgIpc) is 3.29. The highest BCUT2D eigenvalue weighted by Gasteiger charge is 2.32. The molecule has 1 aromatic carbocycles. The van der Waals surface area contributed by atoms with Crippen LogP contribution in [0.15, 0.2) is 48.8 Å². The van der Waals surface area contributed by atoms with E-state index in [1.807, 2.05) is 13.0 Å². The number of pyridine rings is 1. The molecule has 4 rings (SSSR count). The number of nitrogens with one attached hydrogen (secondary N) is 2. The van der Waals surface area contributed by atoms with Gasteiger partial charge in [-0.25, -0.2) is 19.7 Å². The number of aromatic nitrogens is 3. The molecule has 3 heterocycles. The molecule has 0 aliphatic carbocycles. The maximum atomic E-state index is 12.9. The van der Waals surface area contributed by atoms with Crippen molar-refractivity contribution in [1.29, 1.82) is 0 Å². The van der Waals surface area contributed by atoms with E-state index in [1.165, 1.54) is 0 Å². The highest BCUT2D eigenvalue weighted by atomic mass is 19.4. The number of benzene rings is 1. The van der Waals surface area contributed by atoms with Crippen molar-refractivity contribution < 1.29 is 22.7 Å². The zero-order chi connectivity index (χ0) is 22.7. The number of anilines is 2. The number of aryl methyl sites for hydroxylation is 1. The van der Waals surface area contributed by atoms with Gasteiger partial charge in [-0.3, -0.25) is 0 Å². The number of nitrogens with zero attached hydrogens (tertiary/aromatic N) is 3. The van der Waals surface area contributed by atoms with Crippen LogP contribution in [-0.4, -0.2) is 33.5 Å². The second-order valence-electron chi connectivity index (χ2n) is 7.43. The highest BCUT2D eigenvalue weighted by Crippen LogP contribution is 2.29. The summed E-state index contributed by atoms with van der Waals surface area (Å²) in [4.78, 5) is 23.7. The van der Waals surface area contributed by atoms with Gasteiger partial charge in [-0.05, 0) is 61.7 Å². The first-order valence-electron chi connectivity index (χ1n) is 9.98. The molecule has 166 valence electrons. The lowest BCUT2D eigenvalue weighted by Crippen LogP contribution is -2.34. The van der Waals surface area contributed by atoms with Gasteiger partial charge in [0.1, 0.15) is 11.7 Å². The first-order chi connectivity index (χ1) is 15.3. The third kappa shape index (κ3) is 5.20. The number of ether oxygens (including phenoxy) is 1. The number of hydrogen-bond donors (Lipinski definition) is 2. The van der Waals surface area contributed by atoms with E-state index in [0.717, 1.165) is 48.3 Å². The Morgan fingerprint density at radius 1 is 1.16 bits per heavy atom. The number of hydrogen-bond acceptors (Lipinski definition) is 7. The summed E-state index contributed by atoms with van der Waals surface area (Å²) < 4.78 is 44.0. The van der Waals surface area contributed by atoms with Gasteiger partial charge in [0.25, 0.3) is 0 Å². The highest BCUT2D eigenvalue weighted by molar-refractivity contribution is 5.78. The summed E-state index contributed by atoms with van der Waals surface area (Å²) in [7, 11) is 0. The molecule has 0 amide bonds. The third-order valence-corrected chi connectivity index (χ3v) is 4.90. The molecule has 0 radical (unpaired) electrons. The van der Waals surface area contributed by atoms with Crippen molar-refractivity contribution in [3.8, 4) is 17.0 Å². The molecule has 3 aromatic rings. The first-order valence-corrected chi connectivity index (χ1v) is 9.98. The second-order valence-corrected chi connectivity index (χ2v) is 7.43. The van der Waals surface area contributed by atoms with Crippen molar-refractivity contribution in [3.05, 3.63) is 60.0 Å². The zero-order valence-electron chi connectivity index (χ0n) is 17.1. The number of carbonyl (C=O) groups excluding carboxylic acids is 1. The van der Waals surface area contributed by atoms with Crippen LogP contribution in [0.1, 0.15) is 24.1 Å². The van der Waals surface area contributed by atoms with Crippen LogP contribution >= 0.6 is 0 Å². The minimum atomic E-state index is -4.55. The molecule has 1 aliphatic rings. The van der Waals surface area contributed by atoms with Crippen LogP contribution in [0.3, 0.4) is 0 Å². The van der Waals surface area contributed by atoms with Gasteiger partial charge in [-0.2, -0.15) is 13.2 Å². The minimum absolute atomic E-state index is 0.155. The van der Waals surface area contributed by atoms with E-state index in [4.69, 9.17) is 4.74 Å². The van der Waals surface area contributed by atoms with E-state index >= 15 is 0 Å². The number of alkyl halides is 3. The fourth-order valence-electron chi connectivity index (χ4n) is 3.40. The topological polar surface area (TPSA) is 89.0 Å². The Morgan fingerprint density at radius 2 is 2.00 bits per heavy atom. The van der Waals surface area contributed by atoms with E-state index in [2.05, 4.69) is 25.6 Å². The summed E-state index contributed by atoms with van der Waals surface area (Å²) >= 11 is 0. The van der Waals surface area contributed by atoms with E-state index in [1.54, 1.807) is 30.5 Å². The van der Waals surface area contributed by atoms with Crippen molar-refractivity contribution in [3.63, 3.8) is 0 Å². The van der Waals surface area contributed by atoms with Crippen molar-refractivity contribution >= 4 is 17.6 Å². The molecule has 1 aliphatic heterocycles. The molecule has 0 saturated carbocycles. The Morgan fingerprint density at radius 3 is 2.69 bits per heavy atom. The molecule has 0 unspecified atom stereocenters. The number of rotatable bonds is 5. The van der Waals surface area contributed by atoms with Crippen LogP contribution in [0.5, 0.6) is 5.88 Å². The molecule has 1 atom stereocenters. The van der Waals surface area contributed by atoms with E-state index in [0.29, 0.717) is 5.69 Å². The van der Waals surface area contributed by atoms with Gasteiger partial charge in [-0.1, -0.05) is 6.07 Å². The van der Waals surface area contributed by atoms with Gasteiger partial charge in [0.15, 0.2) is 0 Å². The second kappa shape index (κ2) is 8.91. The predicted molar refractivity (Wildman–Crippen MR) is 111 cm³/mol. The maximum absolute atomic E-state index is 12.9. The zero-order valence-corrected chi connectivity index (χ0v) is 17.1. The number of halogens is 3. The normalized spacial score (nSPS) is 16.1. The summed E-state index contributed by atoms with van der Waals surface area (Å²) in [5.41, 5.74) is 1.91. The Balaban J connectivity index is 1.50. The molecule has 2 aromatic heterocycles. The quantitative estimate of drug-likeness (QED) is 0.570. The molecule has 1 fully saturated rings. The summed E-state index contributed by atoms with van der Waals surface area (Å²) in [5.74, 6) is -0.307. The SMILES string of the molecule is Cc1cc(Nc2nccc(C(F)(F)F)n2)cc(-c2ccc(OC(=O)[C@@H]3CCCN3)nc2)c1. The van der Waals surface area contributed by atoms with E-state index < -0.39 is 11.9 Å². The minimum Gasteiger partial charge on any atom is -0.406 e. The molecule has 0 bridgehead atoms. The van der Waals surface area contributed by atoms with E-state index in [-0.39, 0.29) is 23.8 Å². The summed E-state index contributed by atoms with van der Waals surface area (Å²) in [6.45, 7) is 2.65. The molecule has 1 saturated heterocycles. The van der Waals surface area contributed by atoms with Crippen molar-refractivity contribution in [2.75, 3.05) is 11.9 Å². The molecule has 10 heteroatoms. The van der Waals surface area contributed by atoms with Gasteiger partial charge in [0, 0.05) is 29.7 Å². The Hall–Kier alpha value is -3.53. The van der Waals surface area contributed by atoms with Crippen LogP contribution in [0.25, 0.3) is 11.1 Å². The fourth-order valence-corrected chi connectivity index (χ4v) is 3.40. The summed E-state index contributed by atoms with van der Waals surface area (Å²) in [6.07, 6.45) is -0.251.